The number of carbonyl (C=O) groups is 1. The number of aliphatic hydroxyl groups is 1. The highest BCUT2D eigenvalue weighted by molar-refractivity contribution is 5.94. The summed E-state index contributed by atoms with van der Waals surface area (Å²) in [5.74, 6) is 0.388. The Kier molecular flexibility index (Phi) is 4.37. The lowest BCUT2D eigenvalue weighted by molar-refractivity contribution is 0.0587. The molecule has 1 atom stereocenters. The molecule has 0 aromatic carbocycles. The molecule has 0 bridgehead atoms. The van der Waals surface area contributed by atoms with Gasteiger partial charge < -0.3 is 10.4 Å². The average Bonchev–Trinajstić information content (AvgIpc) is 2.97. The molecule has 0 saturated heterocycles. The van der Waals surface area contributed by atoms with Crippen LogP contribution in [0.4, 0.5) is 0 Å². The van der Waals surface area contributed by atoms with Crippen LogP contribution >= 0.6 is 0 Å². The van der Waals surface area contributed by atoms with Gasteiger partial charge in [-0.2, -0.15) is 0 Å². The van der Waals surface area contributed by atoms with Gasteiger partial charge in [-0.3, -0.25) is 9.36 Å². The van der Waals surface area contributed by atoms with Crippen LogP contribution in [0.3, 0.4) is 0 Å². The fraction of sp³-hybridized carbons (Fsp3) is 0.400. The van der Waals surface area contributed by atoms with Gasteiger partial charge in [0.05, 0.1) is 6.10 Å². The zero-order chi connectivity index (χ0) is 15.5. The minimum Gasteiger partial charge on any atom is -0.391 e. The lowest BCUT2D eigenvalue weighted by Gasteiger charge is -2.25. The summed E-state index contributed by atoms with van der Waals surface area (Å²) in [6.45, 7) is 5.99. The number of aromatic nitrogens is 3. The van der Waals surface area contributed by atoms with Crippen molar-refractivity contribution in [3.05, 3.63) is 42.6 Å². The predicted octanol–water partition coefficient (Wildman–Crippen LogP) is 1.40. The second kappa shape index (κ2) is 6.05. The fourth-order valence-electron chi connectivity index (χ4n) is 1.69. The van der Waals surface area contributed by atoms with Crippen molar-refractivity contribution < 1.29 is 9.90 Å². The van der Waals surface area contributed by atoms with Gasteiger partial charge in [0.15, 0.2) is 0 Å². The molecule has 2 aromatic rings. The van der Waals surface area contributed by atoms with Crippen LogP contribution in [-0.2, 0) is 0 Å². The summed E-state index contributed by atoms with van der Waals surface area (Å²) >= 11 is 0. The molecule has 6 nitrogen and oxygen atoms in total. The molecular formula is C15H20N4O2. The van der Waals surface area contributed by atoms with Gasteiger partial charge in [-0.25, -0.2) is 9.97 Å². The molecule has 112 valence electrons. The molecule has 2 heterocycles. The molecule has 2 rings (SSSR count). The summed E-state index contributed by atoms with van der Waals surface area (Å²) in [6.07, 6.45) is 6.00. The van der Waals surface area contributed by atoms with Gasteiger partial charge in [0.1, 0.15) is 12.1 Å². The maximum absolute atomic E-state index is 12.1. The molecule has 21 heavy (non-hydrogen) atoms. The molecule has 0 aliphatic carbocycles. The van der Waals surface area contributed by atoms with Gasteiger partial charge in [-0.05, 0) is 17.5 Å². The van der Waals surface area contributed by atoms with E-state index in [1.54, 1.807) is 41.6 Å². The Hall–Kier alpha value is -2.21. The number of carbonyl (C=O) groups excluding carboxylic acids is 1. The average molecular weight is 288 g/mol. The zero-order valence-corrected chi connectivity index (χ0v) is 12.4. The van der Waals surface area contributed by atoms with Crippen molar-refractivity contribution in [2.75, 3.05) is 6.54 Å². The molecule has 0 saturated carbocycles. The Morgan fingerprint density at radius 3 is 2.81 bits per heavy atom. The topological polar surface area (TPSA) is 80.0 Å². The van der Waals surface area contributed by atoms with E-state index in [0.717, 1.165) is 0 Å². The Morgan fingerprint density at radius 1 is 1.43 bits per heavy atom. The van der Waals surface area contributed by atoms with E-state index in [-0.39, 0.29) is 17.9 Å². The van der Waals surface area contributed by atoms with Crippen LogP contribution in [0, 0.1) is 5.41 Å². The maximum atomic E-state index is 12.1. The van der Waals surface area contributed by atoms with Crippen LogP contribution in [-0.4, -0.2) is 38.2 Å². The first-order valence-electron chi connectivity index (χ1n) is 6.78. The fourth-order valence-corrected chi connectivity index (χ4v) is 1.69. The van der Waals surface area contributed by atoms with Crippen LogP contribution in [0.15, 0.2) is 37.1 Å². The summed E-state index contributed by atoms with van der Waals surface area (Å²) in [6, 6.07) is 3.32. The summed E-state index contributed by atoms with van der Waals surface area (Å²) in [5.41, 5.74) is 0.225. The first-order chi connectivity index (χ1) is 9.88. The molecule has 1 unspecified atom stereocenters. The van der Waals surface area contributed by atoms with Gasteiger partial charge >= 0.3 is 0 Å². The highest BCUT2D eigenvalue weighted by atomic mass is 16.3. The number of amides is 1. The van der Waals surface area contributed by atoms with Crippen LogP contribution in [0.1, 0.15) is 31.1 Å². The Bertz CT molecular complexity index is 602. The Labute approximate surface area is 123 Å². The third-order valence-electron chi connectivity index (χ3n) is 3.23. The van der Waals surface area contributed by atoms with Crippen molar-refractivity contribution in [2.24, 2.45) is 5.41 Å². The lowest BCUT2D eigenvalue weighted by atomic mass is 9.89. The second-order valence-electron chi connectivity index (χ2n) is 5.96. The highest BCUT2D eigenvalue weighted by Crippen LogP contribution is 2.18. The standard InChI is InChI=1S/C15H20N4O2/c1-15(2,3)12(20)9-18-14(21)11-4-5-17-13(8-11)19-7-6-16-10-19/h4-8,10,12,20H,9H2,1-3H3,(H,18,21). The third-order valence-corrected chi connectivity index (χ3v) is 3.23. The monoisotopic (exact) mass is 288 g/mol. The molecule has 6 heteroatoms. The molecule has 0 fully saturated rings. The third kappa shape index (κ3) is 3.88. The molecule has 0 aliphatic heterocycles. The molecule has 1 amide bonds. The van der Waals surface area contributed by atoms with Crippen molar-refractivity contribution in [2.45, 2.75) is 26.9 Å². The van der Waals surface area contributed by atoms with Crippen molar-refractivity contribution >= 4 is 5.91 Å². The normalized spacial score (nSPS) is 13.0. The number of imidazole rings is 1. The zero-order valence-electron chi connectivity index (χ0n) is 12.4. The lowest BCUT2D eigenvalue weighted by Crippen LogP contribution is -2.39. The van der Waals surface area contributed by atoms with Crippen molar-refractivity contribution in [3.8, 4) is 5.82 Å². The van der Waals surface area contributed by atoms with Gasteiger partial charge in [-0.15, -0.1) is 0 Å². The molecule has 0 aliphatic rings. The largest absolute Gasteiger partial charge is 0.391 e. The highest BCUT2D eigenvalue weighted by Gasteiger charge is 2.22. The van der Waals surface area contributed by atoms with Crippen molar-refractivity contribution in [1.29, 1.82) is 0 Å². The van der Waals surface area contributed by atoms with E-state index in [4.69, 9.17) is 0 Å². The molecule has 0 spiro atoms. The Balaban J connectivity index is 2.05. The Morgan fingerprint density at radius 2 is 2.19 bits per heavy atom. The molecular weight excluding hydrogens is 268 g/mol. The SMILES string of the molecule is CC(C)(C)C(O)CNC(=O)c1ccnc(-n2ccnc2)c1. The molecule has 0 radical (unpaired) electrons. The van der Waals surface area contributed by atoms with Crippen LogP contribution in [0.5, 0.6) is 0 Å². The van der Waals surface area contributed by atoms with Crippen LogP contribution in [0.25, 0.3) is 5.82 Å². The van der Waals surface area contributed by atoms with E-state index in [9.17, 15) is 9.90 Å². The predicted molar refractivity (Wildman–Crippen MR) is 79.2 cm³/mol. The number of nitrogens with one attached hydrogen (secondary N) is 1. The van der Waals surface area contributed by atoms with E-state index in [1.165, 1.54) is 0 Å². The van der Waals surface area contributed by atoms with Crippen LogP contribution < -0.4 is 5.32 Å². The van der Waals surface area contributed by atoms with Crippen molar-refractivity contribution in [3.63, 3.8) is 0 Å². The first kappa shape index (κ1) is 15.2. The summed E-state index contributed by atoms with van der Waals surface area (Å²) < 4.78 is 1.72. The van der Waals surface area contributed by atoms with E-state index in [2.05, 4.69) is 15.3 Å². The smallest absolute Gasteiger partial charge is 0.251 e. The number of pyridine rings is 1. The van der Waals surface area contributed by atoms with E-state index in [0.29, 0.717) is 11.4 Å². The van der Waals surface area contributed by atoms with E-state index < -0.39 is 6.10 Å². The number of aliphatic hydroxyl groups excluding tert-OH is 1. The molecule has 2 aromatic heterocycles. The van der Waals surface area contributed by atoms with E-state index in [1.807, 2.05) is 20.8 Å². The van der Waals surface area contributed by atoms with Gasteiger partial charge in [0, 0.05) is 30.7 Å². The van der Waals surface area contributed by atoms with Gasteiger partial charge in [0.2, 0.25) is 0 Å². The minimum atomic E-state index is -0.601. The summed E-state index contributed by atoms with van der Waals surface area (Å²) in [5, 5.41) is 12.7. The van der Waals surface area contributed by atoms with Crippen molar-refractivity contribution in [1.82, 2.24) is 19.9 Å². The molecule has 2 N–H and O–H groups in total. The van der Waals surface area contributed by atoms with Gasteiger partial charge in [0.25, 0.3) is 5.91 Å². The van der Waals surface area contributed by atoms with E-state index >= 15 is 0 Å². The quantitative estimate of drug-likeness (QED) is 0.891. The number of nitrogens with zero attached hydrogens (tertiary/aromatic N) is 3. The maximum Gasteiger partial charge on any atom is 0.251 e. The van der Waals surface area contributed by atoms with Gasteiger partial charge in [-0.1, -0.05) is 20.8 Å². The van der Waals surface area contributed by atoms with Crippen LogP contribution in [0.2, 0.25) is 0 Å². The summed E-state index contributed by atoms with van der Waals surface area (Å²) in [4.78, 5) is 20.3. The summed E-state index contributed by atoms with van der Waals surface area (Å²) in [7, 11) is 0. The number of rotatable bonds is 4. The second-order valence-corrected chi connectivity index (χ2v) is 5.96. The minimum absolute atomic E-state index is 0.213. The number of hydrogen-bond donors (Lipinski definition) is 2. The first-order valence-corrected chi connectivity index (χ1v) is 6.78. The number of hydrogen-bond acceptors (Lipinski definition) is 4.